The fourth-order valence-electron chi connectivity index (χ4n) is 4.75. The molecule has 0 aromatic rings. The first-order valence-electron chi connectivity index (χ1n) is 6.76. The van der Waals surface area contributed by atoms with Gasteiger partial charge in [-0.15, -0.1) is 11.6 Å². The zero-order valence-electron chi connectivity index (χ0n) is 9.92. The maximum absolute atomic E-state index is 5.64. The van der Waals surface area contributed by atoms with Gasteiger partial charge in [-0.25, -0.2) is 0 Å². The Morgan fingerprint density at radius 2 is 1.56 bits per heavy atom. The van der Waals surface area contributed by atoms with Crippen molar-refractivity contribution in [3.8, 4) is 0 Å². The lowest BCUT2D eigenvalue weighted by Crippen LogP contribution is -2.58. The van der Waals surface area contributed by atoms with E-state index in [0.29, 0.717) is 11.4 Å². The third kappa shape index (κ3) is 2.04. The zero-order valence-corrected chi connectivity index (χ0v) is 10.7. The summed E-state index contributed by atoms with van der Waals surface area (Å²) in [7, 11) is 0. The number of alkyl halides is 1. The van der Waals surface area contributed by atoms with Crippen molar-refractivity contribution in [2.24, 2.45) is 17.8 Å². The molecule has 16 heavy (non-hydrogen) atoms. The molecule has 0 spiro atoms. The summed E-state index contributed by atoms with van der Waals surface area (Å²) in [6.07, 6.45) is 13.1. The van der Waals surface area contributed by atoms with Crippen LogP contribution in [-0.4, -0.2) is 18.0 Å². The normalized spacial score (nSPS) is 45.7. The van der Waals surface area contributed by atoms with Crippen LogP contribution in [0.4, 0.5) is 0 Å². The van der Waals surface area contributed by atoms with Crippen LogP contribution in [-0.2, 0) is 0 Å². The van der Waals surface area contributed by atoms with E-state index >= 15 is 0 Å². The summed E-state index contributed by atoms with van der Waals surface area (Å²) >= 11 is 5.64. The van der Waals surface area contributed by atoms with E-state index in [9.17, 15) is 0 Å². The molecule has 0 unspecified atom stereocenters. The van der Waals surface area contributed by atoms with Crippen molar-refractivity contribution in [2.75, 3.05) is 12.4 Å². The predicted molar refractivity (Wildman–Crippen MR) is 68.8 cm³/mol. The van der Waals surface area contributed by atoms with Crippen molar-refractivity contribution in [1.29, 1.82) is 0 Å². The minimum atomic E-state index is 0.505. The molecule has 4 bridgehead atoms. The largest absolute Gasteiger partial charge is 0.308 e. The van der Waals surface area contributed by atoms with Crippen LogP contribution < -0.4 is 5.32 Å². The molecule has 0 atom stereocenters. The summed E-state index contributed by atoms with van der Waals surface area (Å²) in [4.78, 5) is 0. The van der Waals surface area contributed by atoms with Crippen LogP contribution in [0.2, 0.25) is 0 Å². The molecule has 4 aliphatic rings. The van der Waals surface area contributed by atoms with Gasteiger partial charge in [0.1, 0.15) is 0 Å². The minimum absolute atomic E-state index is 0.505. The van der Waals surface area contributed by atoms with Crippen molar-refractivity contribution < 1.29 is 0 Å². The van der Waals surface area contributed by atoms with Gasteiger partial charge in [-0.2, -0.15) is 0 Å². The topological polar surface area (TPSA) is 12.0 Å². The summed E-state index contributed by atoms with van der Waals surface area (Å²) < 4.78 is 0. The first-order valence-corrected chi connectivity index (χ1v) is 7.29. The summed E-state index contributed by atoms with van der Waals surface area (Å²) in [5.74, 6) is 3.75. The molecule has 0 aromatic carbocycles. The first kappa shape index (κ1) is 11.1. The van der Waals surface area contributed by atoms with Crippen LogP contribution in [0.3, 0.4) is 0 Å². The number of hydrogen-bond donors (Lipinski definition) is 1. The molecule has 0 aliphatic heterocycles. The van der Waals surface area contributed by atoms with Crippen molar-refractivity contribution in [1.82, 2.24) is 5.32 Å². The number of rotatable bonds is 4. The molecule has 2 heteroatoms. The number of halogens is 1. The highest BCUT2D eigenvalue weighted by atomic mass is 35.5. The van der Waals surface area contributed by atoms with Gasteiger partial charge < -0.3 is 5.32 Å². The first-order chi connectivity index (χ1) is 7.80. The van der Waals surface area contributed by atoms with E-state index in [-0.39, 0.29) is 0 Å². The van der Waals surface area contributed by atoms with Gasteiger partial charge >= 0.3 is 0 Å². The summed E-state index contributed by atoms with van der Waals surface area (Å²) in [5, 5.41) is 3.82. The molecule has 0 heterocycles. The van der Waals surface area contributed by atoms with E-state index in [1.165, 1.54) is 38.5 Å². The molecule has 4 aliphatic carbocycles. The van der Waals surface area contributed by atoms with Gasteiger partial charge in [0.2, 0.25) is 0 Å². The van der Waals surface area contributed by atoms with Crippen LogP contribution in [0.5, 0.6) is 0 Å². The van der Waals surface area contributed by atoms with Gasteiger partial charge in [0.15, 0.2) is 0 Å². The van der Waals surface area contributed by atoms with E-state index in [2.05, 4.69) is 17.5 Å². The monoisotopic (exact) mass is 239 g/mol. The SMILES string of the molecule is ClC/C=C/CNC12CC3CC(CC(C3)C1)C2. The predicted octanol–water partition coefficient (Wildman–Crippen LogP) is 3.34. The highest BCUT2D eigenvalue weighted by Crippen LogP contribution is 2.55. The molecule has 4 fully saturated rings. The third-order valence-electron chi connectivity index (χ3n) is 4.89. The van der Waals surface area contributed by atoms with E-state index in [4.69, 9.17) is 11.6 Å². The third-order valence-corrected chi connectivity index (χ3v) is 5.07. The van der Waals surface area contributed by atoms with Gasteiger partial charge in [-0.1, -0.05) is 12.2 Å². The van der Waals surface area contributed by atoms with Crippen molar-refractivity contribution >= 4 is 11.6 Å². The lowest BCUT2D eigenvalue weighted by atomic mass is 9.53. The standard InChI is InChI=1S/C14H22ClN/c15-3-1-2-4-16-14-8-11-5-12(9-14)7-13(6-11)10-14/h1-2,11-13,16H,3-10H2/b2-1+. The Hall–Kier alpha value is -0.0100. The molecule has 4 saturated carbocycles. The zero-order chi connectivity index (χ0) is 11.0. The van der Waals surface area contributed by atoms with Crippen LogP contribution in [0.15, 0.2) is 12.2 Å². The molecular weight excluding hydrogens is 218 g/mol. The van der Waals surface area contributed by atoms with E-state index in [1.807, 2.05) is 0 Å². The summed E-state index contributed by atoms with van der Waals surface area (Å²) in [5.41, 5.74) is 0.505. The maximum atomic E-state index is 5.64. The van der Waals surface area contributed by atoms with Crippen LogP contribution in [0, 0.1) is 17.8 Å². The molecule has 4 rings (SSSR count). The Balaban J connectivity index is 1.62. The molecule has 0 aromatic heterocycles. The van der Waals surface area contributed by atoms with Crippen LogP contribution in [0.1, 0.15) is 38.5 Å². The molecule has 0 radical (unpaired) electrons. The van der Waals surface area contributed by atoms with Gasteiger partial charge in [-0.05, 0) is 56.3 Å². The van der Waals surface area contributed by atoms with Crippen molar-refractivity contribution in [2.45, 2.75) is 44.1 Å². The number of allylic oxidation sites excluding steroid dienone is 1. The number of hydrogen-bond acceptors (Lipinski definition) is 1. The van der Waals surface area contributed by atoms with Gasteiger partial charge in [0.25, 0.3) is 0 Å². The van der Waals surface area contributed by atoms with E-state index in [0.717, 1.165) is 24.3 Å². The second-order valence-corrected chi connectivity index (χ2v) is 6.51. The molecule has 0 saturated heterocycles. The molecule has 90 valence electrons. The molecular formula is C14H22ClN. The Morgan fingerprint density at radius 3 is 2.06 bits per heavy atom. The second-order valence-electron chi connectivity index (χ2n) is 6.20. The maximum Gasteiger partial charge on any atom is 0.0404 e. The average molecular weight is 240 g/mol. The fourth-order valence-corrected chi connectivity index (χ4v) is 4.87. The van der Waals surface area contributed by atoms with E-state index < -0.39 is 0 Å². The number of nitrogens with one attached hydrogen (secondary N) is 1. The van der Waals surface area contributed by atoms with Gasteiger partial charge in [-0.3, -0.25) is 0 Å². The van der Waals surface area contributed by atoms with Crippen molar-refractivity contribution in [3.63, 3.8) is 0 Å². The Morgan fingerprint density at radius 1 is 1.00 bits per heavy atom. The minimum Gasteiger partial charge on any atom is -0.308 e. The molecule has 1 N–H and O–H groups in total. The average Bonchev–Trinajstić information content (AvgIpc) is 2.22. The molecule has 0 amide bonds. The smallest absolute Gasteiger partial charge is 0.0404 e. The second kappa shape index (κ2) is 4.34. The van der Waals surface area contributed by atoms with E-state index in [1.54, 1.807) is 0 Å². The van der Waals surface area contributed by atoms with Crippen LogP contribution in [0.25, 0.3) is 0 Å². The quantitative estimate of drug-likeness (QED) is 0.586. The Bertz CT molecular complexity index is 249. The lowest BCUT2D eigenvalue weighted by molar-refractivity contribution is -0.0179. The Kier molecular flexibility index (Phi) is 3.01. The highest BCUT2D eigenvalue weighted by molar-refractivity contribution is 6.18. The van der Waals surface area contributed by atoms with Crippen molar-refractivity contribution in [3.05, 3.63) is 12.2 Å². The fraction of sp³-hybridized carbons (Fsp3) is 0.857. The highest BCUT2D eigenvalue weighted by Gasteiger charge is 2.50. The Labute approximate surface area is 104 Å². The lowest BCUT2D eigenvalue weighted by Gasteiger charge is -2.57. The summed E-state index contributed by atoms with van der Waals surface area (Å²) in [6, 6.07) is 0. The van der Waals surface area contributed by atoms with Gasteiger partial charge in [0.05, 0.1) is 0 Å². The van der Waals surface area contributed by atoms with Gasteiger partial charge in [0, 0.05) is 18.0 Å². The molecule has 1 nitrogen and oxygen atoms in total. The summed E-state index contributed by atoms with van der Waals surface area (Å²) in [6.45, 7) is 1.01. The van der Waals surface area contributed by atoms with Crippen LogP contribution >= 0.6 is 11.6 Å².